The minimum absolute atomic E-state index is 0.0416. The first-order chi connectivity index (χ1) is 20.3. The Morgan fingerprint density at radius 1 is 1.19 bits per heavy atom. The molecule has 42 heavy (non-hydrogen) atoms. The van der Waals surface area contributed by atoms with Gasteiger partial charge in [0.25, 0.3) is 11.8 Å². The van der Waals surface area contributed by atoms with Gasteiger partial charge in [-0.2, -0.15) is 0 Å². The number of ketones is 1. The first-order valence-corrected chi connectivity index (χ1v) is 13.9. The van der Waals surface area contributed by atoms with E-state index < -0.39 is 35.6 Å². The van der Waals surface area contributed by atoms with Crippen LogP contribution >= 0.6 is 0 Å². The van der Waals surface area contributed by atoms with Crippen molar-refractivity contribution in [1.82, 2.24) is 19.8 Å². The van der Waals surface area contributed by atoms with Crippen LogP contribution in [0.3, 0.4) is 0 Å². The van der Waals surface area contributed by atoms with Gasteiger partial charge in [0, 0.05) is 42.8 Å². The third kappa shape index (κ3) is 6.81. The van der Waals surface area contributed by atoms with E-state index >= 15 is 0 Å². The zero-order valence-electron chi connectivity index (χ0n) is 23.6. The molecule has 1 aromatic carbocycles. The number of nitrogen functional groups attached to an aromatic ring is 1. The molecule has 3 heterocycles. The van der Waals surface area contributed by atoms with Crippen molar-refractivity contribution in [3.63, 3.8) is 0 Å². The second kappa shape index (κ2) is 14.1. The number of benzene rings is 1. The van der Waals surface area contributed by atoms with E-state index in [1.807, 2.05) is 13.8 Å². The molecular weight excluding hydrogens is 547 g/mol. The predicted molar refractivity (Wildman–Crippen MR) is 154 cm³/mol. The molecule has 2 atom stereocenters. The van der Waals surface area contributed by atoms with Gasteiger partial charge in [-0.1, -0.05) is 19.9 Å². The number of aliphatic hydroxyl groups excluding tert-OH is 1. The van der Waals surface area contributed by atoms with Crippen molar-refractivity contribution >= 4 is 40.0 Å². The van der Waals surface area contributed by atoms with Crippen molar-refractivity contribution < 1.29 is 33.4 Å². The molecule has 0 bridgehead atoms. The summed E-state index contributed by atoms with van der Waals surface area (Å²) in [5, 5.41) is 14.3. The molecule has 2 unspecified atom stereocenters. The van der Waals surface area contributed by atoms with Crippen LogP contribution in [0.25, 0.3) is 10.9 Å². The molecule has 2 fully saturated rings. The number of nitrogens with two attached hydrogens (primary N) is 1. The van der Waals surface area contributed by atoms with Crippen LogP contribution in [0.4, 0.5) is 15.9 Å². The summed E-state index contributed by atoms with van der Waals surface area (Å²) in [7, 11) is 0. The van der Waals surface area contributed by atoms with Crippen LogP contribution in [0.2, 0.25) is 0 Å². The largest absolute Gasteiger partial charge is 0.383 e. The van der Waals surface area contributed by atoms with Gasteiger partial charge in [-0.25, -0.2) is 14.4 Å². The number of Topliss-reactive ketones (excluding diaryl/α,β-unsaturated/α-hetero) is 1. The minimum atomic E-state index is -1.75. The lowest BCUT2D eigenvalue weighted by Gasteiger charge is -2.35. The molecule has 1 aromatic heterocycles. The monoisotopic (exact) mass is 582 g/mol. The zero-order valence-corrected chi connectivity index (χ0v) is 23.6. The van der Waals surface area contributed by atoms with Crippen LogP contribution in [0, 0.1) is 0 Å². The quantitative estimate of drug-likeness (QED) is 0.439. The summed E-state index contributed by atoms with van der Waals surface area (Å²) in [6, 6.07) is 5.09. The van der Waals surface area contributed by atoms with E-state index in [1.54, 1.807) is 18.2 Å². The second-order valence-electron chi connectivity index (χ2n) is 9.45. The van der Waals surface area contributed by atoms with Crippen molar-refractivity contribution in [1.29, 1.82) is 0 Å². The molecule has 0 radical (unpaired) electrons. The number of amides is 2. The normalized spacial score (nSPS) is 20.0. The van der Waals surface area contributed by atoms with Gasteiger partial charge in [0.15, 0.2) is 11.9 Å². The first kappa shape index (κ1) is 30.8. The van der Waals surface area contributed by atoms with Crippen LogP contribution < -0.4 is 11.1 Å². The van der Waals surface area contributed by atoms with Crippen LogP contribution in [0.1, 0.15) is 20.3 Å². The number of hydrogen-bond donors (Lipinski definition) is 3. The standard InChI is InChI=1S/C27H29FN6O6.C2H6/c28-20-3-1-2-17(13-19(20)26(37)33-6-9-39-10-7-33)34-8-11-40-24(27(34)38)23(36)22(35)14-30-16-4-5-18-21(12-16)31-15-32-25(18)29;1-2/h1,3-5,12-13,15,23-24,30,36H,2,6-11,14H2,(H2,29,31,32);1-2H3. The Morgan fingerprint density at radius 2 is 1.95 bits per heavy atom. The zero-order chi connectivity index (χ0) is 30.2. The predicted octanol–water partition coefficient (Wildman–Crippen LogP) is 1.73. The summed E-state index contributed by atoms with van der Waals surface area (Å²) >= 11 is 0. The number of morpholine rings is 2. The Bertz CT molecular complexity index is 1420. The number of anilines is 2. The smallest absolute Gasteiger partial charge is 0.259 e. The van der Waals surface area contributed by atoms with Gasteiger partial charge < -0.3 is 35.4 Å². The molecule has 3 aliphatic rings. The van der Waals surface area contributed by atoms with E-state index in [4.69, 9.17) is 15.2 Å². The average Bonchev–Trinajstić information content (AvgIpc) is 3.22. The van der Waals surface area contributed by atoms with Crippen molar-refractivity contribution in [3.05, 3.63) is 59.9 Å². The van der Waals surface area contributed by atoms with Crippen LogP contribution in [-0.2, 0) is 23.9 Å². The molecule has 0 saturated carbocycles. The number of hydrogen-bond acceptors (Lipinski definition) is 10. The highest BCUT2D eigenvalue weighted by Gasteiger charge is 2.40. The maximum Gasteiger partial charge on any atom is 0.259 e. The molecule has 5 rings (SSSR count). The highest BCUT2D eigenvalue weighted by molar-refractivity contribution is 5.98. The fourth-order valence-electron chi connectivity index (χ4n) is 4.72. The summed E-state index contributed by atoms with van der Waals surface area (Å²) in [5.41, 5.74) is 7.19. The Hall–Kier alpha value is -4.20. The summed E-state index contributed by atoms with van der Waals surface area (Å²) in [6.45, 7) is 5.28. The number of carbonyl (C=O) groups is 3. The molecule has 2 saturated heterocycles. The molecule has 13 heteroatoms. The number of rotatable bonds is 7. The van der Waals surface area contributed by atoms with Crippen LogP contribution in [-0.4, -0.2) is 101 Å². The van der Waals surface area contributed by atoms with E-state index in [0.29, 0.717) is 54.4 Å². The number of nitrogens with zero attached hydrogens (tertiary/aromatic N) is 4. The lowest BCUT2D eigenvalue weighted by Crippen LogP contribution is -2.54. The van der Waals surface area contributed by atoms with Gasteiger partial charge >= 0.3 is 0 Å². The third-order valence-electron chi connectivity index (χ3n) is 6.91. The lowest BCUT2D eigenvalue weighted by molar-refractivity contribution is -0.164. The highest BCUT2D eigenvalue weighted by atomic mass is 19.1. The van der Waals surface area contributed by atoms with E-state index in [2.05, 4.69) is 15.3 Å². The fourth-order valence-corrected chi connectivity index (χ4v) is 4.72. The Kier molecular flexibility index (Phi) is 10.3. The number of carbonyl (C=O) groups excluding carboxylic acids is 3. The number of ether oxygens (including phenoxy) is 2. The van der Waals surface area contributed by atoms with Crippen LogP contribution in [0.15, 0.2) is 59.9 Å². The minimum Gasteiger partial charge on any atom is -0.383 e. The second-order valence-corrected chi connectivity index (χ2v) is 9.45. The van der Waals surface area contributed by atoms with E-state index in [9.17, 15) is 23.9 Å². The van der Waals surface area contributed by atoms with Gasteiger partial charge in [-0.15, -0.1) is 0 Å². The average molecular weight is 583 g/mol. The van der Waals surface area contributed by atoms with Gasteiger partial charge in [0.05, 0.1) is 37.5 Å². The molecule has 2 aliphatic heterocycles. The van der Waals surface area contributed by atoms with Gasteiger partial charge in [0.1, 0.15) is 24.1 Å². The first-order valence-electron chi connectivity index (χ1n) is 13.9. The molecular formula is C29H35FN6O6. The van der Waals surface area contributed by atoms with E-state index in [1.165, 1.54) is 34.4 Å². The topological polar surface area (TPSA) is 160 Å². The molecule has 2 amide bonds. The summed E-state index contributed by atoms with van der Waals surface area (Å²) < 4.78 is 25.6. The lowest BCUT2D eigenvalue weighted by atomic mass is 10.0. The molecule has 2 aromatic rings. The molecule has 224 valence electrons. The van der Waals surface area contributed by atoms with Gasteiger partial charge in [-0.3, -0.25) is 14.4 Å². The third-order valence-corrected chi connectivity index (χ3v) is 6.91. The Morgan fingerprint density at radius 3 is 2.71 bits per heavy atom. The van der Waals surface area contributed by atoms with Gasteiger partial charge in [-0.05, 0) is 30.4 Å². The summed E-state index contributed by atoms with van der Waals surface area (Å²) in [6.07, 6.45) is 2.40. The number of aliphatic hydroxyl groups is 1. The summed E-state index contributed by atoms with van der Waals surface area (Å²) in [5.74, 6) is -2.17. The van der Waals surface area contributed by atoms with Crippen molar-refractivity contribution in [3.8, 4) is 0 Å². The Balaban J connectivity index is 0.00000198. The molecule has 4 N–H and O–H groups in total. The van der Waals surface area contributed by atoms with E-state index in [0.717, 1.165) is 0 Å². The van der Waals surface area contributed by atoms with E-state index in [-0.39, 0.29) is 31.7 Å². The van der Waals surface area contributed by atoms with Crippen molar-refractivity contribution in [2.24, 2.45) is 0 Å². The number of fused-ring (bicyclic) bond motifs is 1. The van der Waals surface area contributed by atoms with Crippen molar-refractivity contribution in [2.75, 3.05) is 57.1 Å². The van der Waals surface area contributed by atoms with Crippen molar-refractivity contribution in [2.45, 2.75) is 32.5 Å². The summed E-state index contributed by atoms with van der Waals surface area (Å²) in [4.78, 5) is 50.1. The van der Waals surface area contributed by atoms with Crippen LogP contribution in [0.5, 0.6) is 0 Å². The maximum atomic E-state index is 14.8. The van der Waals surface area contributed by atoms with Gasteiger partial charge in [0.2, 0.25) is 0 Å². The molecule has 12 nitrogen and oxygen atoms in total. The highest BCUT2D eigenvalue weighted by Crippen LogP contribution is 2.26. The maximum absolute atomic E-state index is 14.8. The SMILES string of the molecule is CC.Nc1ncnc2cc(NCC(=O)C(O)C3OCCN(C4=CC(C(=O)N5CCOCC5)=C(F)C=CC4)C3=O)ccc12. The molecule has 0 spiro atoms. The molecule has 1 aliphatic carbocycles. The number of halogens is 1. The Labute approximate surface area is 242 Å². The number of nitrogens with one attached hydrogen (secondary N) is 1. The fraction of sp³-hybridized carbons (Fsp3) is 0.414. The number of aromatic nitrogens is 2. The number of allylic oxidation sites excluding steroid dienone is 3.